The van der Waals surface area contributed by atoms with Crippen molar-refractivity contribution in [1.29, 1.82) is 0 Å². The second-order valence-electron chi connectivity index (χ2n) is 6.66. The Kier molecular flexibility index (Phi) is 5.97. The molecule has 0 spiro atoms. The van der Waals surface area contributed by atoms with Gasteiger partial charge in [-0.3, -0.25) is 25.2 Å². The number of hydrogen-bond acceptors (Lipinski definition) is 9. The van der Waals surface area contributed by atoms with Crippen LogP contribution in [0.25, 0.3) is 5.52 Å². The lowest BCUT2D eigenvalue weighted by Gasteiger charge is -2.09. The summed E-state index contributed by atoms with van der Waals surface area (Å²) in [6, 6.07) is 12.9. The number of nitrogens with one attached hydrogen (secondary N) is 1. The summed E-state index contributed by atoms with van der Waals surface area (Å²) in [5.41, 5.74) is 2.10. The van der Waals surface area contributed by atoms with Crippen LogP contribution < -0.4 is 4.72 Å². The minimum Gasteiger partial charge on any atom is -0.309 e. The zero-order chi connectivity index (χ0) is 22.8. The van der Waals surface area contributed by atoms with Gasteiger partial charge in [-0.2, -0.15) is 5.10 Å². The standard InChI is InChI=1S/C20H16N6O4S2/c1-12-19-20(31-16-9-5-3-7-14(16)25(27)28)13(2)22-24(19)18(11-21-12)23-32-17-10-6-4-8-15(17)26(29)30/h3-11,23H,1-2H3. The normalized spacial score (nSPS) is 10.9. The summed E-state index contributed by atoms with van der Waals surface area (Å²) in [4.78, 5) is 28.0. The van der Waals surface area contributed by atoms with Crippen LogP contribution in [-0.2, 0) is 0 Å². The van der Waals surface area contributed by atoms with E-state index in [-0.39, 0.29) is 11.4 Å². The third-order valence-corrected chi connectivity index (χ3v) is 6.69. The Balaban J connectivity index is 1.72. The number of aryl methyl sites for hydroxylation is 2. The Morgan fingerprint density at radius 1 is 0.906 bits per heavy atom. The summed E-state index contributed by atoms with van der Waals surface area (Å²) < 4.78 is 4.76. The highest BCUT2D eigenvalue weighted by Gasteiger charge is 2.21. The average Bonchev–Trinajstić information content (AvgIpc) is 3.10. The lowest BCUT2D eigenvalue weighted by Crippen LogP contribution is -2.02. The lowest BCUT2D eigenvalue weighted by atomic mass is 10.3. The van der Waals surface area contributed by atoms with E-state index in [0.29, 0.717) is 32.5 Å². The highest BCUT2D eigenvalue weighted by Crippen LogP contribution is 2.40. The molecule has 2 aromatic carbocycles. The first kappa shape index (κ1) is 21.6. The van der Waals surface area contributed by atoms with E-state index >= 15 is 0 Å². The maximum Gasteiger partial charge on any atom is 0.284 e. The van der Waals surface area contributed by atoms with Crippen molar-refractivity contribution in [3.63, 3.8) is 0 Å². The van der Waals surface area contributed by atoms with Crippen molar-refractivity contribution in [3.05, 3.63) is 86.3 Å². The van der Waals surface area contributed by atoms with Gasteiger partial charge in [-0.25, -0.2) is 4.52 Å². The minimum atomic E-state index is -0.438. The number of nitro benzene ring substituents is 2. The molecule has 0 saturated heterocycles. The van der Waals surface area contributed by atoms with E-state index in [2.05, 4.69) is 14.8 Å². The van der Waals surface area contributed by atoms with Gasteiger partial charge in [0.2, 0.25) is 0 Å². The maximum absolute atomic E-state index is 11.4. The van der Waals surface area contributed by atoms with Crippen molar-refractivity contribution >= 4 is 46.4 Å². The van der Waals surface area contributed by atoms with Gasteiger partial charge in [-0.15, -0.1) is 0 Å². The summed E-state index contributed by atoms with van der Waals surface area (Å²) in [5.74, 6) is 0.520. The quantitative estimate of drug-likeness (QED) is 0.214. The molecule has 0 aliphatic rings. The monoisotopic (exact) mass is 468 g/mol. The van der Waals surface area contributed by atoms with Crippen molar-refractivity contribution in [2.75, 3.05) is 4.72 Å². The van der Waals surface area contributed by atoms with Crippen LogP contribution in [-0.4, -0.2) is 24.4 Å². The first-order valence-corrected chi connectivity index (χ1v) is 10.9. The Bertz CT molecular complexity index is 1360. The van der Waals surface area contributed by atoms with E-state index in [0.717, 1.165) is 16.8 Å². The van der Waals surface area contributed by atoms with Crippen LogP contribution in [0.4, 0.5) is 17.2 Å². The van der Waals surface area contributed by atoms with Gasteiger partial charge in [0.05, 0.1) is 37.2 Å². The minimum absolute atomic E-state index is 0.00871. The molecule has 0 aliphatic carbocycles. The Morgan fingerprint density at radius 2 is 1.50 bits per heavy atom. The molecule has 0 atom stereocenters. The highest BCUT2D eigenvalue weighted by molar-refractivity contribution is 8.00. The summed E-state index contributed by atoms with van der Waals surface area (Å²) in [5, 5.41) is 27.3. The van der Waals surface area contributed by atoms with Crippen LogP contribution in [0.3, 0.4) is 0 Å². The molecular weight excluding hydrogens is 452 g/mol. The molecule has 4 rings (SSSR count). The topological polar surface area (TPSA) is 128 Å². The number of anilines is 1. The van der Waals surface area contributed by atoms with Gasteiger partial charge in [0.1, 0.15) is 10.4 Å². The molecule has 2 heterocycles. The van der Waals surface area contributed by atoms with Gasteiger partial charge in [0.15, 0.2) is 5.82 Å². The first-order valence-electron chi connectivity index (χ1n) is 9.29. The van der Waals surface area contributed by atoms with E-state index in [4.69, 9.17) is 0 Å². The van der Waals surface area contributed by atoms with Gasteiger partial charge < -0.3 is 4.72 Å². The number of benzene rings is 2. The largest absolute Gasteiger partial charge is 0.309 e. The highest BCUT2D eigenvalue weighted by atomic mass is 32.2. The van der Waals surface area contributed by atoms with E-state index in [9.17, 15) is 20.2 Å². The van der Waals surface area contributed by atoms with Crippen molar-refractivity contribution in [2.45, 2.75) is 28.5 Å². The predicted octanol–water partition coefficient (Wildman–Crippen LogP) is 5.43. The van der Waals surface area contributed by atoms with Gasteiger partial charge in [-0.05, 0) is 37.9 Å². The van der Waals surface area contributed by atoms with Crippen molar-refractivity contribution in [1.82, 2.24) is 14.6 Å². The molecule has 0 radical (unpaired) electrons. The maximum atomic E-state index is 11.4. The fourth-order valence-corrected chi connectivity index (χ4v) is 4.96. The van der Waals surface area contributed by atoms with E-state index < -0.39 is 9.85 Å². The first-order chi connectivity index (χ1) is 15.4. The number of nitrogens with zero attached hydrogens (tertiary/aromatic N) is 5. The molecule has 0 amide bonds. The van der Waals surface area contributed by atoms with Gasteiger partial charge in [0.25, 0.3) is 11.4 Å². The molecular formula is C20H16N6O4S2. The fraction of sp³-hybridized carbons (Fsp3) is 0.100. The smallest absolute Gasteiger partial charge is 0.284 e. The summed E-state index contributed by atoms with van der Waals surface area (Å²) in [6.07, 6.45) is 1.59. The molecule has 10 nitrogen and oxygen atoms in total. The molecule has 0 saturated carbocycles. The Labute approximate surface area is 190 Å². The van der Waals surface area contributed by atoms with E-state index in [1.165, 1.54) is 23.9 Å². The molecule has 4 aromatic rings. The second kappa shape index (κ2) is 8.85. The molecule has 0 aliphatic heterocycles. The zero-order valence-corrected chi connectivity index (χ0v) is 18.5. The summed E-state index contributed by atoms with van der Waals surface area (Å²) in [7, 11) is 0. The number of para-hydroxylation sites is 2. The molecule has 32 heavy (non-hydrogen) atoms. The zero-order valence-electron chi connectivity index (χ0n) is 16.9. The van der Waals surface area contributed by atoms with Crippen molar-refractivity contribution < 1.29 is 9.85 Å². The van der Waals surface area contributed by atoms with Crippen LogP contribution in [0.1, 0.15) is 11.4 Å². The van der Waals surface area contributed by atoms with Crippen LogP contribution in [0, 0.1) is 34.1 Å². The van der Waals surface area contributed by atoms with Gasteiger partial charge in [-0.1, -0.05) is 36.0 Å². The average molecular weight is 469 g/mol. The molecule has 2 aromatic heterocycles. The molecule has 162 valence electrons. The number of aromatic nitrogens is 3. The predicted molar refractivity (Wildman–Crippen MR) is 122 cm³/mol. The van der Waals surface area contributed by atoms with E-state index in [1.54, 1.807) is 47.1 Å². The second-order valence-corrected chi connectivity index (χ2v) is 8.56. The number of rotatable bonds is 7. The molecule has 0 bridgehead atoms. The summed E-state index contributed by atoms with van der Waals surface area (Å²) in [6.45, 7) is 3.65. The van der Waals surface area contributed by atoms with Crippen LogP contribution >= 0.6 is 23.7 Å². The van der Waals surface area contributed by atoms with Crippen LogP contribution in [0.5, 0.6) is 0 Å². The van der Waals surface area contributed by atoms with Gasteiger partial charge in [0, 0.05) is 12.1 Å². The fourth-order valence-electron chi connectivity index (χ4n) is 3.08. The van der Waals surface area contributed by atoms with Crippen LogP contribution in [0.15, 0.2) is 69.4 Å². The molecule has 1 N–H and O–H groups in total. The van der Waals surface area contributed by atoms with Crippen LogP contribution in [0.2, 0.25) is 0 Å². The van der Waals surface area contributed by atoms with Crippen molar-refractivity contribution in [3.8, 4) is 0 Å². The van der Waals surface area contributed by atoms with Crippen molar-refractivity contribution in [2.24, 2.45) is 0 Å². The summed E-state index contributed by atoms with van der Waals surface area (Å²) >= 11 is 2.35. The Morgan fingerprint density at radius 3 is 2.16 bits per heavy atom. The molecule has 12 heteroatoms. The third-order valence-electron chi connectivity index (χ3n) is 4.56. The molecule has 0 fully saturated rings. The van der Waals surface area contributed by atoms with E-state index in [1.807, 2.05) is 13.8 Å². The number of fused-ring (bicyclic) bond motifs is 1. The third kappa shape index (κ3) is 4.09. The number of hydrogen-bond donors (Lipinski definition) is 1. The number of nitro groups is 2. The SMILES string of the molecule is Cc1nn2c(NSc3ccccc3[N+](=O)[O-])cnc(C)c2c1Sc1ccccc1[N+](=O)[O-]. The lowest BCUT2D eigenvalue weighted by molar-refractivity contribution is -0.387. The Hall–Kier alpha value is -3.64. The molecule has 0 unspecified atom stereocenters. The van der Waals surface area contributed by atoms with Gasteiger partial charge >= 0.3 is 0 Å².